The topological polar surface area (TPSA) is 94.1 Å². The van der Waals surface area contributed by atoms with E-state index in [2.05, 4.69) is 20.7 Å². The SMILES string of the molecule is Cc1onc(-c2ccccc2Cl)c1C(=O)Nc1nnc(-c2cc(Cl)sc2Cl)o1. The molecule has 28 heavy (non-hydrogen) atoms. The quantitative estimate of drug-likeness (QED) is 0.407. The Kier molecular flexibility index (Phi) is 5.11. The standard InChI is InChI=1S/C17H9Cl3N4O3S/c1-7-12(13(24-27-7)8-4-2-3-5-10(8)18)15(25)21-17-23-22-16(26-17)9-6-11(19)28-14(9)20/h2-6H,1H3,(H,21,23,25). The fraction of sp³-hybridized carbons (Fsp3) is 0.0588. The van der Waals surface area contributed by atoms with Gasteiger partial charge in [-0.15, -0.1) is 16.4 Å². The first-order chi connectivity index (χ1) is 13.4. The minimum Gasteiger partial charge on any atom is -0.403 e. The number of nitrogens with zero attached hydrogens (tertiary/aromatic N) is 3. The van der Waals surface area contributed by atoms with Crippen LogP contribution in [0.1, 0.15) is 16.1 Å². The molecular weight excluding hydrogens is 447 g/mol. The summed E-state index contributed by atoms with van der Waals surface area (Å²) in [6, 6.07) is 8.50. The summed E-state index contributed by atoms with van der Waals surface area (Å²) < 4.78 is 11.5. The second kappa shape index (κ2) is 7.56. The van der Waals surface area contributed by atoms with E-state index in [4.69, 9.17) is 43.7 Å². The van der Waals surface area contributed by atoms with Crippen molar-refractivity contribution >= 4 is 58.1 Å². The molecule has 0 spiro atoms. The second-order valence-corrected chi connectivity index (χ2v) is 8.24. The number of hydrogen-bond acceptors (Lipinski definition) is 7. The molecule has 0 saturated heterocycles. The highest BCUT2D eigenvalue weighted by Crippen LogP contribution is 2.38. The molecule has 1 amide bonds. The molecule has 1 aromatic carbocycles. The molecule has 0 aliphatic rings. The zero-order chi connectivity index (χ0) is 19.8. The van der Waals surface area contributed by atoms with Crippen molar-refractivity contribution in [2.24, 2.45) is 0 Å². The zero-order valence-corrected chi connectivity index (χ0v) is 17.1. The fourth-order valence-electron chi connectivity index (χ4n) is 2.50. The summed E-state index contributed by atoms with van der Waals surface area (Å²) >= 11 is 19.4. The number of benzene rings is 1. The van der Waals surface area contributed by atoms with E-state index in [0.29, 0.717) is 36.3 Å². The normalized spacial score (nSPS) is 11.0. The van der Waals surface area contributed by atoms with Gasteiger partial charge in [-0.1, -0.05) is 63.3 Å². The summed E-state index contributed by atoms with van der Waals surface area (Å²) in [7, 11) is 0. The van der Waals surface area contributed by atoms with E-state index < -0.39 is 5.91 Å². The number of anilines is 1. The summed E-state index contributed by atoms with van der Waals surface area (Å²) in [5.74, 6) is -0.0741. The highest BCUT2D eigenvalue weighted by molar-refractivity contribution is 7.20. The minimum atomic E-state index is -0.529. The molecule has 0 saturated carbocycles. The third-order valence-corrected chi connectivity index (χ3v) is 5.57. The van der Waals surface area contributed by atoms with Crippen LogP contribution in [0.5, 0.6) is 0 Å². The van der Waals surface area contributed by atoms with Crippen molar-refractivity contribution in [3.63, 3.8) is 0 Å². The average Bonchev–Trinajstić information content (AvgIpc) is 3.34. The molecule has 3 aromatic heterocycles. The molecule has 0 bridgehead atoms. The van der Waals surface area contributed by atoms with Crippen LogP contribution in [0.4, 0.5) is 6.01 Å². The van der Waals surface area contributed by atoms with Crippen LogP contribution in [-0.2, 0) is 0 Å². The number of rotatable bonds is 4. The first-order valence-electron chi connectivity index (χ1n) is 7.75. The van der Waals surface area contributed by atoms with Crippen molar-refractivity contribution in [1.29, 1.82) is 0 Å². The maximum Gasteiger partial charge on any atom is 0.322 e. The van der Waals surface area contributed by atoms with Crippen molar-refractivity contribution in [2.75, 3.05) is 5.32 Å². The molecule has 0 atom stereocenters. The Labute approximate surface area is 177 Å². The number of nitrogens with one attached hydrogen (secondary N) is 1. The summed E-state index contributed by atoms with van der Waals surface area (Å²) in [4.78, 5) is 12.8. The predicted octanol–water partition coefficient (Wildman–Crippen LogP) is 5.97. The molecule has 0 aliphatic heterocycles. The molecule has 4 aromatic rings. The van der Waals surface area contributed by atoms with Gasteiger partial charge in [0.05, 0.1) is 14.9 Å². The molecule has 1 N–H and O–H groups in total. The number of halogens is 3. The lowest BCUT2D eigenvalue weighted by molar-refractivity contribution is 0.102. The lowest BCUT2D eigenvalue weighted by Crippen LogP contribution is -2.13. The van der Waals surface area contributed by atoms with Crippen LogP contribution in [0.3, 0.4) is 0 Å². The third-order valence-electron chi connectivity index (χ3n) is 3.75. The van der Waals surface area contributed by atoms with E-state index >= 15 is 0 Å². The van der Waals surface area contributed by atoms with Gasteiger partial charge in [0, 0.05) is 5.56 Å². The van der Waals surface area contributed by atoms with E-state index in [1.54, 1.807) is 37.3 Å². The van der Waals surface area contributed by atoms with Crippen LogP contribution < -0.4 is 5.32 Å². The molecule has 142 valence electrons. The van der Waals surface area contributed by atoms with Gasteiger partial charge in [-0.25, -0.2) is 0 Å². The molecule has 7 nitrogen and oxygen atoms in total. The van der Waals surface area contributed by atoms with Gasteiger partial charge < -0.3 is 8.94 Å². The van der Waals surface area contributed by atoms with E-state index in [1.165, 1.54) is 11.3 Å². The molecule has 0 radical (unpaired) electrons. The smallest absolute Gasteiger partial charge is 0.322 e. The Hall–Kier alpha value is -2.39. The van der Waals surface area contributed by atoms with Crippen LogP contribution in [-0.4, -0.2) is 21.3 Å². The number of aryl methyl sites for hydroxylation is 1. The average molecular weight is 456 g/mol. The Balaban J connectivity index is 1.63. The van der Waals surface area contributed by atoms with Crippen molar-refractivity contribution in [3.8, 4) is 22.7 Å². The molecule has 0 unspecified atom stereocenters. The van der Waals surface area contributed by atoms with Gasteiger partial charge in [-0.05, 0) is 19.1 Å². The highest BCUT2D eigenvalue weighted by Gasteiger charge is 2.25. The highest BCUT2D eigenvalue weighted by atomic mass is 35.5. The van der Waals surface area contributed by atoms with Gasteiger partial charge in [0.25, 0.3) is 11.8 Å². The van der Waals surface area contributed by atoms with Crippen molar-refractivity contribution in [2.45, 2.75) is 6.92 Å². The second-order valence-electron chi connectivity index (χ2n) is 5.55. The number of thiophene rings is 1. The first-order valence-corrected chi connectivity index (χ1v) is 9.70. The molecule has 0 aliphatic carbocycles. The lowest BCUT2D eigenvalue weighted by Gasteiger charge is -2.03. The third kappa shape index (κ3) is 3.51. The molecule has 11 heteroatoms. The number of hydrogen-bond donors (Lipinski definition) is 1. The van der Waals surface area contributed by atoms with E-state index in [0.717, 1.165) is 0 Å². The van der Waals surface area contributed by atoms with Crippen LogP contribution >= 0.6 is 46.1 Å². The largest absolute Gasteiger partial charge is 0.403 e. The maximum atomic E-state index is 12.8. The maximum absolute atomic E-state index is 12.8. The Morgan fingerprint density at radius 1 is 1.14 bits per heavy atom. The zero-order valence-electron chi connectivity index (χ0n) is 14.0. The fourth-order valence-corrected chi connectivity index (χ4v) is 4.18. The van der Waals surface area contributed by atoms with Crippen molar-refractivity contribution in [3.05, 3.63) is 55.4 Å². The summed E-state index contributed by atoms with van der Waals surface area (Å²) in [5, 5.41) is 14.6. The van der Waals surface area contributed by atoms with Crippen LogP contribution in [0.15, 0.2) is 39.3 Å². The molecule has 4 rings (SSSR count). The number of carbonyl (C=O) groups excluding carboxylic acids is 1. The van der Waals surface area contributed by atoms with Crippen molar-refractivity contribution in [1.82, 2.24) is 15.4 Å². The monoisotopic (exact) mass is 454 g/mol. The number of aromatic nitrogens is 3. The molecule has 0 fully saturated rings. The van der Waals surface area contributed by atoms with Crippen LogP contribution in [0.25, 0.3) is 22.7 Å². The minimum absolute atomic E-state index is 0.107. The Morgan fingerprint density at radius 3 is 2.64 bits per heavy atom. The van der Waals surface area contributed by atoms with Crippen molar-refractivity contribution < 1.29 is 13.7 Å². The number of amides is 1. The summed E-state index contributed by atoms with van der Waals surface area (Å²) in [6.45, 7) is 1.62. The molecule has 3 heterocycles. The summed E-state index contributed by atoms with van der Waals surface area (Å²) in [5.41, 5.74) is 1.58. The van der Waals surface area contributed by atoms with Gasteiger partial charge in [-0.2, -0.15) is 0 Å². The summed E-state index contributed by atoms with van der Waals surface area (Å²) in [6.07, 6.45) is 0. The van der Waals surface area contributed by atoms with Gasteiger partial charge in [-0.3, -0.25) is 10.1 Å². The Bertz CT molecular complexity index is 1180. The lowest BCUT2D eigenvalue weighted by atomic mass is 10.1. The van der Waals surface area contributed by atoms with Gasteiger partial charge in [0.15, 0.2) is 0 Å². The first kappa shape index (κ1) is 18.9. The van der Waals surface area contributed by atoms with E-state index in [1.807, 2.05) is 0 Å². The van der Waals surface area contributed by atoms with E-state index in [9.17, 15) is 4.79 Å². The predicted molar refractivity (Wildman–Crippen MR) is 107 cm³/mol. The van der Waals surface area contributed by atoms with Gasteiger partial charge in [0.1, 0.15) is 21.4 Å². The van der Waals surface area contributed by atoms with Crippen LogP contribution in [0, 0.1) is 6.92 Å². The van der Waals surface area contributed by atoms with E-state index in [-0.39, 0.29) is 17.5 Å². The van der Waals surface area contributed by atoms with Gasteiger partial charge >= 0.3 is 6.01 Å². The Morgan fingerprint density at radius 2 is 1.93 bits per heavy atom. The van der Waals surface area contributed by atoms with Crippen LogP contribution in [0.2, 0.25) is 13.7 Å². The number of carbonyl (C=O) groups is 1. The molecular formula is C17H9Cl3N4O3S. The van der Waals surface area contributed by atoms with Gasteiger partial charge in [0.2, 0.25) is 0 Å².